The van der Waals surface area contributed by atoms with E-state index in [9.17, 15) is 4.79 Å². The normalized spacial score (nSPS) is 10.3. The number of hydrogen-bond acceptors (Lipinski definition) is 5. The Hall–Kier alpha value is -2.47. The predicted octanol–water partition coefficient (Wildman–Crippen LogP) is 3.86. The number of nitrogens with zero attached hydrogens (tertiary/aromatic N) is 1. The van der Waals surface area contributed by atoms with Crippen molar-refractivity contribution in [1.82, 2.24) is 10.3 Å². The number of amides is 1. The molecule has 0 spiro atoms. The number of rotatable bonds is 9. The highest BCUT2D eigenvalue weighted by Gasteiger charge is 2.16. The van der Waals surface area contributed by atoms with E-state index in [1.54, 1.807) is 31.5 Å². The van der Waals surface area contributed by atoms with E-state index in [-0.39, 0.29) is 5.91 Å². The zero-order valence-electron chi connectivity index (χ0n) is 15.2. The second kappa shape index (κ2) is 9.87. The highest BCUT2D eigenvalue weighted by Crippen LogP contribution is 2.36. The quantitative estimate of drug-likeness (QED) is 0.717. The Morgan fingerprint density at radius 1 is 1.23 bits per heavy atom. The van der Waals surface area contributed by atoms with Crippen molar-refractivity contribution in [2.45, 2.75) is 26.8 Å². The third kappa shape index (κ3) is 5.26. The maximum atomic E-state index is 12.5. The Labute approximate surface area is 158 Å². The molecule has 1 N–H and O–H groups in total. The molecular formula is C19H23ClN2O4. The Bertz CT molecular complexity index is 735. The van der Waals surface area contributed by atoms with Gasteiger partial charge in [-0.2, -0.15) is 0 Å². The summed E-state index contributed by atoms with van der Waals surface area (Å²) in [6.45, 7) is 5.17. The summed E-state index contributed by atoms with van der Waals surface area (Å²) in [5.41, 5.74) is 1.27. The molecule has 0 aliphatic heterocycles. The van der Waals surface area contributed by atoms with E-state index >= 15 is 0 Å². The molecule has 1 amide bonds. The van der Waals surface area contributed by atoms with E-state index in [4.69, 9.17) is 25.8 Å². The van der Waals surface area contributed by atoms with Crippen LogP contribution in [0.25, 0.3) is 0 Å². The van der Waals surface area contributed by atoms with Gasteiger partial charge in [-0.1, -0.05) is 24.6 Å². The van der Waals surface area contributed by atoms with Crippen LogP contribution >= 0.6 is 11.6 Å². The smallest absolute Gasteiger partial charge is 0.251 e. The number of halogens is 1. The van der Waals surface area contributed by atoms with Crippen LogP contribution in [0.1, 0.15) is 36.2 Å². The van der Waals surface area contributed by atoms with Gasteiger partial charge in [-0.05, 0) is 31.0 Å². The van der Waals surface area contributed by atoms with E-state index in [0.717, 1.165) is 12.0 Å². The summed E-state index contributed by atoms with van der Waals surface area (Å²) < 4.78 is 16.2. The first-order chi connectivity index (χ1) is 12.6. The molecule has 0 aliphatic rings. The third-order valence-electron chi connectivity index (χ3n) is 3.48. The molecule has 0 fully saturated rings. The lowest BCUT2D eigenvalue weighted by Crippen LogP contribution is -2.23. The molecule has 0 saturated carbocycles. The summed E-state index contributed by atoms with van der Waals surface area (Å²) in [6, 6.07) is 6.80. The van der Waals surface area contributed by atoms with Gasteiger partial charge in [0.25, 0.3) is 5.91 Å². The molecule has 7 heteroatoms. The number of ether oxygens (including phenoxy) is 3. The lowest BCUT2D eigenvalue weighted by molar-refractivity contribution is 0.0950. The molecule has 1 aromatic carbocycles. The van der Waals surface area contributed by atoms with Crippen molar-refractivity contribution in [3.8, 4) is 17.4 Å². The molecular weight excluding hydrogens is 356 g/mol. The number of hydrogen-bond donors (Lipinski definition) is 1. The van der Waals surface area contributed by atoms with Crippen LogP contribution in [0.15, 0.2) is 30.5 Å². The highest BCUT2D eigenvalue weighted by molar-refractivity contribution is 6.32. The summed E-state index contributed by atoms with van der Waals surface area (Å²) in [4.78, 5) is 16.6. The van der Waals surface area contributed by atoms with Crippen molar-refractivity contribution in [3.05, 3.63) is 46.6 Å². The Balaban J connectivity index is 2.11. The molecule has 1 aromatic heterocycles. The summed E-state index contributed by atoms with van der Waals surface area (Å²) in [5, 5.41) is 3.18. The number of carbonyl (C=O) groups excluding carboxylic acids is 1. The minimum atomic E-state index is -0.259. The molecule has 0 atom stereocenters. The van der Waals surface area contributed by atoms with Gasteiger partial charge in [-0.3, -0.25) is 4.79 Å². The minimum Gasteiger partial charge on any atom is -0.490 e. The van der Waals surface area contributed by atoms with E-state index in [0.29, 0.717) is 47.7 Å². The lowest BCUT2D eigenvalue weighted by Gasteiger charge is -2.15. The van der Waals surface area contributed by atoms with Crippen molar-refractivity contribution in [1.29, 1.82) is 0 Å². The second-order valence-corrected chi connectivity index (χ2v) is 5.87. The van der Waals surface area contributed by atoms with Gasteiger partial charge in [0.05, 0.1) is 25.3 Å². The number of methoxy groups -OCH3 is 1. The van der Waals surface area contributed by atoms with Crippen LogP contribution in [-0.2, 0) is 6.54 Å². The van der Waals surface area contributed by atoms with Crippen LogP contribution in [0.3, 0.4) is 0 Å². The average Bonchev–Trinajstić information content (AvgIpc) is 2.66. The molecule has 6 nitrogen and oxygen atoms in total. The number of carbonyl (C=O) groups is 1. The third-order valence-corrected chi connectivity index (χ3v) is 3.76. The molecule has 0 unspecified atom stereocenters. The van der Waals surface area contributed by atoms with E-state index in [2.05, 4.69) is 10.3 Å². The number of pyridine rings is 1. The standard InChI is InChI=1S/C19H23ClN2O4/c1-4-8-26-18-15(20)9-14(10-16(18)25-5-2)19(23)22-12-13-6-7-17(24-3)21-11-13/h6-7,9-11H,4-5,8,12H2,1-3H3,(H,22,23). The summed E-state index contributed by atoms with van der Waals surface area (Å²) in [6.07, 6.45) is 2.50. The van der Waals surface area contributed by atoms with Gasteiger partial charge >= 0.3 is 0 Å². The van der Waals surface area contributed by atoms with Gasteiger partial charge in [-0.25, -0.2) is 4.98 Å². The first-order valence-corrected chi connectivity index (χ1v) is 8.83. The monoisotopic (exact) mass is 378 g/mol. The number of nitrogens with one attached hydrogen (secondary N) is 1. The fourth-order valence-electron chi connectivity index (χ4n) is 2.23. The summed E-state index contributed by atoms with van der Waals surface area (Å²) >= 11 is 6.29. The zero-order chi connectivity index (χ0) is 18.9. The first kappa shape index (κ1) is 19.8. The number of benzene rings is 1. The van der Waals surface area contributed by atoms with Crippen LogP contribution < -0.4 is 19.5 Å². The van der Waals surface area contributed by atoms with Gasteiger partial charge in [-0.15, -0.1) is 0 Å². The summed E-state index contributed by atoms with van der Waals surface area (Å²) in [7, 11) is 1.55. The van der Waals surface area contributed by atoms with Crippen LogP contribution in [0.2, 0.25) is 5.02 Å². The van der Waals surface area contributed by atoms with E-state index < -0.39 is 0 Å². The Morgan fingerprint density at radius 3 is 2.65 bits per heavy atom. The fourth-order valence-corrected chi connectivity index (χ4v) is 2.49. The van der Waals surface area contributed by atoms with Crippen LogP contribution in [-0.4, -0.2) is 31.2 Å². The summed E-state index contributed by atoms with van der Waals surface area (Å²) in [5.74, 6) is 1.19. The van der Waals surface area contributed by atoms with Crippen molar-refractivity contribution in [2.24, 2.45) is 0 Å². The number of aromatic nitrogens is 1. The van der Waals surface area contributed by atoms with Crippen LogP contribution in [0.4, 0.5) is 0 Å². The van der Waals surface area contributed by atoms with Crippen molar-refractivity contribution in [3.63, 3.8) is 0 Å². The molecule has 2 aromatic rings. The molecule has 0 aliphatic carbocycles. The molecule has 26 heavy (non-hydrogen) atoms. The first-order valence-electron chi connectivity index (χ1n) is 8.45. The van der Waals surface area contributed by atoms with Gasteiger partial charge < -0.3 is 19.5 Å². The fraction of sp³-hybridized carbons (Fsp3) is 0.368. The molecule has 1 heterocycles. The molecule has 0 saturated heterocycles. The predicted molar refractivity (Wildman–Crippen MR) is 100 cm³/mol. The Morgan fingerprint density at radius 2 is 2.04 bits per heavy atom. The Kier molecular flexibility index (Phi) is 7.53. The molecule has 0 bridgehead atoms. The van der Waals surface area contributed by atoms with Crippen LogP contribution in [0.5, 0.6) is 17.4 Å². The van der Waals surface area contributed by atoms with Crippen molar-refractivity contribution in [2.75, 3.05) is 20.3 Å². The lowest BCUT2D eigenvalue weighted by atomic mass is 10.1. The average molecular weight is 379 g/mol. The maximum absolute atomic E-state index is 12.5. The minimum absolute atomic E-state index is 0.259. The SMILES string of the molecule is CCCOc1c(Cl)cc(C(=O)NCc2ccc(OC)nc2)cc1OCC. The van der Waals surface area contributed by atoms with Gasteiger partial charge in [0.2, 0.25) is 5.88 Å². The van der Waals surface area contributed by atoms with Crippen molar-refractivity contribution < 1.29 is 19.0 Å². The van der Waals surface area contributed by atoms with Gasteiger partial charge in [0, 0.05) is 24.4 Å². The topological polar surface area (TPSA) is 69.7 Å². The van der Waals surface area contributed by atoms with E-state index in [1.807, 2.05) is 19.9 Å². The molecule has 0 radical (unpaired) electrons. The zero-order valence-corrected chi connectivity index (χ0v) is 15.9. The molecule has 140 valence electrons. The molecule has 2 rings (SSSR count). The van der Waals surface area contributed by atoms with E-state index in [1.165, 1.54) is 0 Å². The van der Waals surface area contributed by atoms with Gasteiger partial charge in [0.15, 0.2) is 11.5 Å². The largest absolute Gasteiger partial charge is 0.490 e. The second-order valence-electron chi connectivity index (χ2n) is 5.46. The highest BCUT2D eigenvalue weighted by atomic mass is 35.5. The maximum Gasteiger partial charge on any atom is 0.251 e. The van der Waals surface area contributed by atoms with Crippen molar-refractivity contribution >= 4 is 17.5 Å². The van der Waals surface area contributed by atoms with Crippen LogP contribution in [0, 0.1) is 0 Å². The van der Waals surface area contributed by atoms with Gasteiger partial charge in [0.1, 0.15) is 0 Å².